The third-order valence-electron chi connectivity index (χ3n) is 4.30. The summed E-state index contributed by atoms with van der Waals surface area (Å²) in [5.41, 5.74) is 0. The molecule has 0 spiro atoms. The Morgan fingerprint density at radius 1 is 0.882 bits per heavy atom. The van der Waals surface area contributed by atoms with Crippen molar-refractivity contribution in [3.63, 3.8) is 0 Å². The van der Waals surface area contributed by atoms with Crippen LogP contribution in [0, 0.1) is 5.92 Å². The van der Waals surface area contributed by atoms with Gasteiger partial charge in [-0.05, 0) is 25.2 Å². The molecule has 1 atom stereocenters. The summed E-state index contributed by atoms with van der Waals surface area (Å²) in [6, 6.07) is 0. The molecule has 0 radical (unpaired) electrons. The van der Waals surface area contributed by atoms with Crippen LogP contribution in [0.4, 0.5) is 0 Å². The molecule has 0 saturated heterocycles. The average Bonchev–Trinajstić information content (AvgIpc) is 2.38. The molecule has 0 aliphatic heterocycles. The van der Waals surface area contributed by atoms with E-state index < -0.39 is 0 Å². The summed E-state index contributed by atoms with van der Waals surface area (Å²) in [4.78, 5) is 0. The number of aliphatic hydroxyl groups excluding tert-OH is 1. The molecular weight excluding hydrogens is 208 g/mol. The van der Waals surface area contributed by atoms with Crippen LogP contribution < -0.4 is 0 Å². The standard InChI is InChI=1S/C16H32O/c1-2-3-4-5-6-7-11-14-16(17)15-12-9-8-10-13-15/h15-17H,2-14H2,1H3. The first kappa shape index (κ1) is 15.0. The van der Waals surface area contributed by atoms with E-state index in [1.165, 1.54) is 77.0 Å². The van der Waals surface area contributed by atoms with Gasteiger partial charge in [-0.3, -0.25) is 0 Å². The van der Waals surface area contributed by atoms with Gasteiger partial charge in [0, 0.05) is 0 Å². The van der Waals surface area contributed by atoms with E-state index in [1.807, 2.05) is 0 Å². The first-order valence-corrected chi connectivity index (χ1v) is 8.02. The quantitative estimate of drug-likeness (QED) is 0.558. The van der Waals surface area contributed by atoms with Gasteiger partial charge in [0.2, 0.25) is 0 Å². The van der Waals surface area contributed by atoms with E-state index in [4.69, 9.17) is 0 Å². The lowest BCUT2D eigenvalue weighted by molar-refractivity contribution is 0.0748. The van der Waals surface area contributed by atoms with Gasteiger partial charge < -0.3 is 5.11 Å². The van der Waals surface area contributed by atoms with E-state index in [2.05, 4.69) is 6.92 Å². The zero-order valence-electron chi connectivity index (χ0n) is 11.8. The van der Waals surface area contributed by atoms with Crippen molar-refractivity contribution >= 4 is 0 Å². The maximum Gasteiger partial charge on any atom is 0.0568 e. The predicted molar refractivity (Wildman–Crippen MR) is 75.2 cm³/mol. The van der Waals surface area contributed by atoms with E-state index in [-0.39, 0.29) is 6.10 Å². The summed E-state index contributed by atoms with van der Waals surface area (Å²) in [5, 5.41) is 10.1. The van der Waals surface area contributed by atoms with E-state index >= 15 is 0 Å². The lowest BCUT2D eigenvalue weighted by Gasteiger charge is -2.26. The summed E-state index contributed by atoms with van der Waals surface area (Å²) in [6.45, 7) is 2.26. The van der Waals surface area contributed by atoms with Gasteiger partial charge in [0.15, 0.2) is 0 Å². The van der Waals surface area contributed by atoms with Crippen LogP contribution in [-0.2, 0) is 0 Å². The molecular formula is C16H32O. The lowest BCUT2D eigenvalue weighted by atomic mass is 9.83. The second kappa shape index (κ2) is 9.94. The predicted octanol–water partition coefficient (Wildman–Crippen LogP) is 5.07. The molecule has 1 aliphatic carbocycles. The summed E-state index contributed by atoms with van der Waals surface area (Å²) in [7, 11) is 0. The molecule has 1 fully saturated rings. The summed E-state index contributed by atoms with van der Waals surface area (Å²) >= 11 is 0. The van der Waals surface area contributed by atoms with Crippen LogP contribution in [0.15, 0.2) is 0 Å². The number of unbranched alkanes of at least 4 members (excludes halogenated alkanes) is 6. The van der Waals surface area contributed by atoms with Gasteiger partial charge in [-0.25, -0.2) is 0 Å². The van der Waals surface area contributed by atoms with E-state index in [1.54, 1.807) is 0 Å². The Labute approximate surface area is 108 Å². The lowest BCUT2D eigenvalue weighted by Crippen LogP contribution is -2.22. The molecule has 1 nitrogen and oxygen atoms in total. The van der Waals surface area contributed by atoms with Gasteiger partial charge >= 0.3 is 0 Å². The fourth-order valence-corrected chi connectivity index (χ4v) is 3.07. The molecule has 0 amide bonds. The van der Waals surface area contributed by atoms with Gasteiger partial charge in [0.1, 0.15) is 0 Å². The van der Waals surface area contributed by atoms with E-state index in [0.717, 1.165) is 6.42 Å². The van der Waals surface area contributed by atoms with Crippen molar-refractivity contribution in [1.82, 2.24) is 0 Å². The van der Waals surface area contributed by atoms with Crippen LogP contribution in [0.2, 0.25) is 0 Å². The van der Waals surface area contributed by atoms with Gasteiger partial charge in [-0.1, -0.05) is 71.1 Å². The zero-order valence-corrected chi connectivity index (χ0v) is 11.8. The van der Waals surface area contributed by atoms with Crippen molar-refractivity contribution in [2.24, 2.45) is 5.92 Å². The topological polar surface area (TPSA) is 20.2 Å². The largest absolute Gasteiger partial charge is 0.393 e. The Morgan fingerprint density at radius 2 is 1.47 bits per heavy atom. The summed E-state index contributed by atoms with van der Waals surface area (Å²) in [5.74, 6) is 0.629. The van der Waals surface area contributed by atoms with E-state index in [9.17, 15) is 5.11 Å². The molecule has 1 N–H and O–H groups in total. The first-order chi connectivity index (χ1) is 8.34. The number of rotatable bonds is 9. The van der Waals surface area contributed by atoms with Crippen molar-refractivity contribution < 1.29 is 5.11 Å². The van der Waals surface area contributed by atoms with Crippen molar-refractivity contribution in [1.29, 1.82) is 0 Å². The average molecular weight is 240 g/mol. The van der Waals surface area contributed by atoms with Crippen LogP contribution in [0.3, 0.4) is 0 Å². The Kier molecular flexibility index (Phi) is 8.78. The van der Waals surface area contributed by atoms with Crippen molar-refractivity contribution in [3.8, 4) is 0 Å². The van der Waals surface area contributed by atoms with Crippen LogP contribution in [0.5, 0.6) is 0 Å². The highest BCUT2D eigenvalue weighted by Gasteiger charge is 2.20. The maximum atomic E-state index is 10.1. The summed E-state index contributed by atoms with van der Waals surface area (Å²) in [6.07, 6.45) is 17.2. The second-order valence-electron chi connectivity index (χ2n) is 5.88. The summed E-state index contributed by atoms with van der Waals surface area (Å²) < 4.78 is 0. The molecule has 1 aliphatic rings. The molecule has 0 aromatic heterocycles. The fraction of sp³-hybridized carbons (Fsp3) is 1.00. The molecule has 0 heterocycles. The van der Waals surface area contributed by atoms with Gasteiger partial charge in [-0.15, -0.1) is 0 Å². The molecule has 0 bridgehead atoms. The highest BCUT2D eigenvalue weighted by molar-refractivity contribution is 4.73. The third-order valence-corrected chi connectivity index (χ3v) is 4.30. The third kappa shape index (κ3) is 7.08. The van der Waals surface area contributed by atoms with E-state index in [0.29, 0.717) is 5.92 Å². The first-order valence-electron chi connectivity index (χ1n) is 8.02. The maximum absolute atomic E-state index is 10.1. The van der Waals surface area contributed by atoms with Crippen molar-refractivity contribution in [2.75, 3.05) is 0 Å². The smallest absolute Gasteiger partial charge is 0.0568 e. The second-order valence-corrected chi connectivity index (χ2v) is 5.88. The Hall–Kier alpha value is -0.0400. The van der Waals surface area contributed by atoms with Gasteiger partial charge in [0.05, 0.1) is 6.10 Å². The molecule has 1 rings (SSSR count). The highest BCUT2D eigenvalue weighted by Crippen LogP contribution is 2.28. The molecule has 1 heteroatoms. The molecule has 0 aromatic carbocycles. The highest BCUT2D eigenvalue weighted by atomic mass is 16.3. The Morgan fingerprint density at radius 3 is 2.12 bits per heavy atom. The normalized spacial score (nSPS) is 19.4. The molecule has 0 aromatic rings. The molecule has 102 valence electrons. The van der Waals surface area contributed by atoms with Crippen LogP contribution >= 0.6 is 0 Å². The minimum absolute atomic E-state index is 0.00550. The number of hydrogen-bond donors (Lipinski definition) is 1. The molecule has 17 heavy (non-hydrogen) atoms. The van der Waals surface area contributed by atoms with Gasteiger partial charge in [0.25, 0.3) is 0 Å². The van der Waals surface area contributed by atoms with Crippen LogP contribution in [-0.4, -0.2) is 11.2 Å². The van der Waals surface area contributed by atoms with Crippen molar-refractivity contribution in [3.05, 3.63) is 0 Å². The fourth-order valence-electron chi connectivity index (χ4n) is 3.07. The molecule has 1 saturated carbocycles. The minimum atomic E-state index is 0.00550. The monoisotopic (exact) mass is 240 g/mol. The number of hydrogen-bond acceptors (Lipinski definition) is 1. The zero-order chi connectivity index (χ0) is 12.3. The van der Waals surface area contributed by atoms with Crippen LogP contribution in [0.25, 0.3) is 0 Å². The number of aliphatic hydroxyl groups is 1. The van der Waals surface area contributed by atoms with Gasteiger partial charge in [-0.2, -0.15) is 0 Å². The molecule has 1 unspecified atom stereocenters. The van der Waals surface area contributed by atoms with Crippen LogP contribution in [0.1, 0.15) is 90.4 Å². The SMILES string of the molecule is CCCCCCCCCC(O)C1CCCCC1. The Bertz CT molecular complexity index is 161. The minimum Gasteiger partial charge on any atom is -0.393 e. The Balaban J connectivity index is 1.90. The van der Waals surface area contributed by atoms with Crippen molar-refractivity contribution in [2.45, 2.75) is 96.5 Å².